The van der Waals surface area contributed by atoms with Gasteiger partial charge in [0, 0.05) is 0 Å². The Hall–Kier alpha value is -0.890. The number of carbonyl (C=O) groups excluding carboxylic acids is 1. The van der Waals surface area contributed by atoms with Crippen molar-refractivity contribution >= 4 is 47.3 Å². The number of nitrogens with one attached hydrogen (secondary N) is 1. The lowest BCUT2D eigenvalue weighted by atomic mass is 10.2. The molecule has 0 aliphatic carbocycles. The minimum Gasteiger partial charge on any atom is -0.445 e. The molecule has 0 atom stereocenters. The van der Waals surface area contributed by atoms with Crippen LogP contribution in [0.5, 0.6) is 0 Å². The first-order chi connectivity index (χ1) is 7.18. The number of thiocarbonyl (C=S) groups is 1. The van der Waals surface area contributed by atoms with Crippen molar-refractivity contribution in [3.8, 4) is 0 Å². The molecule has 0 aromatic heterocycles. The summed E-state index contributed by atoms with van der Waals surface area (Å²) in [5.41, 5.74) is 6.14. The van der Waals surface area contributed by atoms with Gasteiger partial charge in [-0.25, -0.2) is 4.79 Å². The van der Waals surface area contributed by atoms with Gasteiger partial charge in [0.25, 0.3) is 0 Å². The molecule has 0 saturated heterocycles. The van der Waals surface area contributed by atoms with Crippen LogP contribution in [0.2, 0.25) is 0 Å². The fraction of sp³-hybridized carbons (Fsp3) is 0.200. The quantitative estimate of drug-likeness (QED) is 0.641. The van der Waals surface area contributed by atoms with Gasteiger partial charge < -0.3 is 15.8 Å². The zero-order valence-electron chi connectivity index (χ0n) is 8.51. The SMILES string of the molecule is I.NC(=S)CNC(=O)OCc1ccccc1. The lowest BCUT2D eigenvalue weighted by molar-refractivity contribution is 0.141. The van der Waals surface area contributed by atoms with Crippen LogP contribution in [0.3, 0.4) is 0 Å². The summed E-state index contributed by atoms with van der Waals surface area (Å²) in [4.78, 5) is 11.3. The molecular formula is C10H13IN2O2S. The Kier molecular flexibility index (Phi) is 7.82. The Balaban J connectivity index is 0.00000225. The average Bonchev–Trinajstić information content (AvgIpc) is 2.25. The van der Waals surface area contributed by atoms with Crippen LogP contribution in [0, 0.1) is 0 Å². The number of amides is 1. The van der Waals surface area contributed by atoms with E-state index in [0.29, 0.717) is 0 Å². The van der Waals surface area contributed by atoms with E-state index in [0.717, 1.165) is 5.56 Å². The number of rotatable bonds is 4. The zero-order chi connectivity index (χ0) is 11.1. The Bertz CT molecular complexity index is 346. The van der Waals surface area contributed by atoms with Crippen LogP contribution in [-0.4, -0.2) is 17.6 Å². The first-order valence-electron chi connectivity index (χ1n) is 4.41. The minimum atomic E-state index is -0.522. The third kappa shape index (κ3) is 6.57. The molecule has 3 N–H and O–H groups in total. The lowest BCUT2D eigenvalue weighted by Crippen LogP contribution is -2.32. The molecule has 1 rings (SSSR count). The molecule has 4 nitrogen and oxygen atoms in total. The number of halogens is 1. The molecule has 0 aliphatic heterocycles. The van der Waals surface area contributed by atoms with Crippen molar-refractivity contribution in [3.05, 3.63) is 35.9 Å². The molecule has 1 aromatic carbocycles. The van der Waals surface area contributed by atoms with Crippen molar-refractivity contribution < 1.29 is 9.53 Å². The lowest BCUT2D eigenvalue weighted by Gasteiger charge is -2.05. The van der Waals surface area contributed by atoms with Gasteiger partial charge in [-0.3, -0.25) is 0 Å². The minimum absolute atomic E-state index is 0. The van der Waals surface area contributed by atoms with E-state index in [1.807, 2.05) is 30.3 Å². The molecular weight excluding hydrogens is 339 g/mol. The third-order valence-electron chi connectivity index (χ3n) is 1.62. The first kappa shape index (κ1) is 15.1. The van der Waals surface area contributed by atoms with Crippen molar-refractivity contribution in [2.75, 3.05) is 6.54 Å². The summed E-state index contributed by atoms with van der Waals surface area (Å²) in [6.07, 6.45) is -0.522. The third-order valence-corrected chi connectivity index (χ3v) is 1.76. The molecule has 0 radical (unpaired) electrons. The largest absolute Gasteiger partial charge is 0.445 e. The number of alkyl carbamates (subject to hydrolysis) is 1. The maximum absolute atomic E-state index is 11.1. The van der Waals surface area contributed by atoms with Gasteiger partial charge in [0.2, 0.25) is 0 Å². The molecule has 0 heterocycles. The number of hydrogen-bond donors (Lipinski definition) is 2. The van der Waals surface area contributed by atoms with Crippen LogP contribution in [0.15, 0.2) is 30.3 Å². The summed E-state index contributed by atoms with van der Waals surface area (Å²) in [6, 6.07) is 9.41. The van der Waals surface area contributed by atoms with Gasteiger partial charge in [-0.05, 0) is 5.56 Å². The van der Waals surface area contributed by atoms with Gasteiger partial charge in [0.1, 0.15) is 6.61 Å². The monoisotopic (exact) mass is 352 g/mol. The van der Waals surface area contributed by atoms with Crippen LogP contribution >= 0.6 is 36.2 Å². The van der Waals surface area contributed by atoms with E-state index in [9.17, 15) is 4.79 Å². The summed E-state index contributed by atoms with van der Waals surface area (Å²) in [5.74, 6) is 0. The highest BCUT2D eigenvalue weighted by molar-refractivity contribution is 14.0. The summed E-state index contributed by atoms with van der Waals surface area (Å²) < 4.78 is 4.91. The molecule has 88 valence electrons. The predicted molar refractivity (Wildman–Crippen MR) is 76.8 cm³/mol. The summed E-state index contributed by atoms with van der Waals surface area (Å²) >= 11 is 4.60. The highest BCUT2D eigenvalue weighted by atomic mass is 127. The van der Waals surface area contributed by atoms with E-state index in [2.05, 4.69) is 17.5 Å². The number of benzene rings is 1. The van der Waals surface area contributed by atoms with Crippen LogP contribution in [0.1, 0.15) is 5.56 Å². The molecule has 6 heteroatoms. The maximum Gasteiger partial charge on any atom is 0.407 e. The topological polar surface area (TPSA) is 64.3 Å². The first-order valence-corrected chi connectivity index (χ1v) is 4.82. The summed E-state index contributed by atoms with van der Waals surface area (Å²) in [6.45, 7) is 0.396. The van der Waals surface area contributed by atoms with Gasteiger partial charge >= 0.3 is 6.09 Å². The standard InChI is InChI=1S/C10H12N2O2S.HI/c11-9(15)6-12-10(13)14-7-8-4-2-1-3-5-8;/h1-5H,6-7H2,(H2,11,15)(H,12,13);1H. The maximum atomic E-state index is 11.1. The molecule has 0 spiro atoms. The van der Waals surface area contributed by atoms with E-state index in [1.54, 1.807) is 0 Å². The zero-order valence-corrected chi connectivity index (χ0v) is 11.7. The predicted octanol–water partition coefficient (Wildman–Crippen LogP) is 1.82. The van der Waals surface area contributed by atoms with E-state index >= 15 is 0 Å². The second-order valence-corrected chi connectivity index (χ2v) is 3.41. The van der Waals surface area contributed by atoms with Crippen LogP contribution in [0.4, 0.5) is 4.79 Å². The molecule has 16 heavy (non-hydrogen) atoms. The normalized spacial score (nSPS) is 8.75. The number of ether oxygens (including phenoxy) is 1. The van der Waals surface area contributed by atoms with E-state index in [-0.39, 0.29) is 42.1 Å². The van der Waals surface area contributed by atoms with Gasteiger partial charge in [0.05, 0.1) is 11.5 Å². The fourth-order valence-corrected chi connectivity index (χ4v) is 1.01. The second-order valence-electron chi connectivity index (χ2n) is 2.88. The molecule has 1 amide bonds. The van der Waals surface area contributed by atoms with Gasteiger partial charge in [-0.1, -0.05) is 42.5 Å². The molecule has 0 saturated carbocycles. The fourth-order valence-electron chi connectivity index (χ4n) is 0.933. The Morgan fingerprint density at radius 1 is 1.38 bits per heavy atom. The van der Waals surface area contributed by atoms with Gasteiger partial charge in [-0.2, -0.15) is 0 Å². The van der Waals surface area contributed by atoms with E-state index < -0.39 is 6.09 Å². The molecule has 0 aliphatic rings. The Morgan fingerprint density at radius 3 is 2.56 bits per heavy atom. The average molecular weight is 352 g/mol. The Morgan fingerprint density at radius 2 is 2.00 bits per heavy atom. The van der Waals surface area contributed by atoms with Gasteiger partial charge in [-0.15, -0.1) is 24.0 Å². The smallest absolute Gasteiger partial charge is 0.407 e. The summed E-state index contributed by atoms with van der Waals surface area (Å²) in [5, 5.41) is 2.42. The van der Waals surface area contributed by atoms with Crippen molar-refractivity contribution in [1.82, 2.24) is 5.32 Å². The van der Waals surface area contributed by atoms with Gasteiger partial charge in [0.15, 0.2) is 0 Å². The highest BCUT2D eigenvalue weighted by Crippen LogP contribution is 2.00. The Labute approximate surface area is 117 Å². The molecule has 0 bridgehead atoms. The van der Waals surface area contributed by atoms with E-state index in [1.165, 1.54) is 0 Å². The van der Waals surface area contributed by atoms with Crippen molar-refractivity contribution in [2.24, 2.45) is 5.73 Å². The molecule has 0 unspecified atom stereocenters. The van der Waals surface area contributed by atoms with E-state index in [4.69, 9.17) is 10.5 Å². The number of carbonyl (C=O) groups is 1. The molecule has 0 fully saturated rings. The second kappa shape index (κ2) is 8.28. The highest BCUT2D eigenvalue weighted by Gasteiger charge is 2.01. The van der Waals surface area contributed by atoms with Crippen molar-refractivity contribution in [1.29, 1.82) is 0 Å². The summed E-state index contributed by atoms with van der Waals surface area (Å²) in [7, 11) is 0. The number of hydrogen-bond acceptors (Lipinski definition) is 3. The molecule has 1 aromatic rings. The van der Waals surface area contributed by atoms with Crippen molar-refractivity contribution in [2.45, 2.75) is 6.61 Å². The van der Waals surface area contributed by atoms with Crippen LogP contribution in [-0.2, 0) is 11.3 Å². The number of nitrogens with two attached hydrogens (primary N) is 1. The van der Waals surface area contributed by atoms with Crippen molar-refractivity contribution in [3.63, 3.8) is 0 Å². The van der Waals surface area contributed by atoms with Crippen LogP contribution in [0.25, 0.3) is 0 Å². The van der Waals surface area contributed by atoms with Crippen LogP contribution < -0.4 is 11.1 Å².